The van der Waals surface area contributed by atoms with E-state index in [1.54, 1.807) is 6.07 Å². The minimum Gasteiger partial charge on any atom is -0.489 e. The quantitative estimate of drug-likeness (QED) is 0.283. The van der Waals surface area contributed by atoms with Crippen LogP contribution in [0.2, 0.25) is 0 Å². The summed E-state index contributed by atoms with van der Waals surface area (Å²) >= 11 is 0. The number of pyridine rings is 1. The second-order valence-electron chi connectivity index (χ2n) is 11.4. The lowest BCUT2D eigenvalue weighted by Gasteiger charge is -2.47. The summed E-state index contributed by atoms with van der Waals surface area (Å²) < 4.78 is 39.1. The van der Waals surface area contributed by atoms with E-state index in [1.165, 1.54) is 12.1 Å². The van der Waals surface area contributed by atoms with Crippen molar-refractivity contribution in [3.8, 4) is 5.75 Å². The number of anilines is 2. The number of sulfone groups is 1. The number of nitrogens with zero attached hydrogens (tertiary/aromatic N) is 3. The summed E-state index contributed by atoms with van der Waals surface area (Å²) in [5.41, 5.74) is 4.89. The van der Waals surface area contributed by atoms with E-state index in [4.69, 9.17) is 15.2 Å². The van der Waals surface area contributed by atoms with Crippen LogP contribution in [-0.2, 0) is 19.4 Å². The first-order valence-corrected chi connectivity index (χ1v) is 15.2. The lowest BCUT2D eigenvalue weighted by Crippen LogP contribution is -2.47. The van der Waals surface area contributed by atoms with Crippen molar-refractivity contribution in [3.63, 3.8) is 0 Å². The third kappa shape index (κ3) is 5.30. The lowest BCUT2D eigenvalue weighted by atomic mass is 9.62. The molecule has 15 heteroatoms. The van der Waals surface area contributed by atoms with Crippen LogP contribution in [0.1, 0.15) is 48.9 Å². The average molecular weight is 596 g/mol. The van der Waals surface area contributed by atoms with Crippen LogP contribution in [0.4, 0.5) is 17.2 Å². The van der Waals surface area contributed by atoms with Crippen molar-refractivity contribution < 1.29 is 32.4 Å². The minimum atomic E-state index is -4.53. The van der Waals surface area contributed by atoms with Gasteiger partial charge in [0.2, 0.25) is 9.84 Å². The fourth-order valence-electron chi connectivity index (χ4n) is 6.37. The zero-order valence-corrected chi connectivity index (χ0v) is 23.7. The molecule has 4 heterocycles. The molecule has 1 amide bonds. The second kappa shape index (κ2) is 11.2. The predicted octanol–water partition coefficient (Wildman–Crippen LogP) is 2.09. The molecule has 3 N–H and O–H groups in total. The van der Waals surface area contributed by atoms with E-state index in [-0.39, 0.29) is 55.2 Å². The number of nitro benzene ring substituents is 1. The van der Waals surface area contributed by atoms with Crippen molar-refractivity contribution in [1.29, 1.82) is 0 Å². The third-order valence-electron chi connectivity index (χ3n) is 8.80. The molecule has 2 aromatic rings. The average Bonchev–Trinajstić information content (AvgIpc) is 2.96. The van der Waals surface area contributed by atoms with Gasteiger partial charge in [-0.3, -0.25) is 19.7 Å². The van der Waals surface area contributed by atoms with Gasteiger partial charge in [-0.25, -0.2) is 13.4 Å². The van der Waals surface area contributed by atoms with Crippen LogP contribution < -0.4 is 20.7 Å². The number of fused-ring (bicyclic) bond motifs is 1. The Morgan fingerprint density at radius 1 is 1.17 bits per heavy atom. The Morgan fingerprint density at radius 3 is 2.48 bits per heavy atom. The Hall–Kier alpha value is -3.72. The van der Waals surface area contributed by atoms with Crippen molar-refractivity contribution in [2.75, 3.05) is 43.1 Å². The summed E-state index contributed by atoms with van der Waals surface area (Å²) in [6.07, 6.45) is 4.25. The molecule has 2 saturated heterocycles. The minimum absolute atomic E-state index is 0. The molecule has 1 atom stereocenters. The maximum Gasteiger partial charge on any atom is 0.297 e. The Labute approximate surface area is 244 Å². The number of nitro groups is 1. The topological polar surface area (TPSA) is 184 Å². The fourth-order valence-corrected chi connectivity index (χ4v) is 7.80. The molecular weight excluding hydrogens is 565 g/mol. The number of nitrogens with two attached hydrogens (primary N) is 1. The van der Waals surface area contributed by atoms with Crippen molar-refractivity contribution >= 4 is 47.1 Å². The maximum atomic E-state index is 13.9. The Balaban J connectivity index is 0.00000353. The molecule has 4 aliphatic rings. The summed E-state index contributed by atoms with van der Waals surface area (Å²) in [7, 11) is -4.53. The van der Waals surface area contributed by atoms with Gasteiger partial charge in [0.1, 0.15) is 18.2 Å². The standard InChI is InChI=1S/C27H31N5O8S.B/c28-25(34)19-1-2-23(31-7-5-27(6-8-31)13-17(33)14-27)30-26(19)41(37,38)18-11-21(32(35)36)24-22(12-18)40-15-20(29-24)16-3-9-39-10-4-16;/h1-2,11-12,16,20,29H,3-10,13-15H2,(H2,28,34);/t20-;/m0./s1. The summed E-state index contributed by atoms with van der Waals surface area (Å²) in [4.78, 5) is 41.1. The van der Waals surface area contributed by atoms with Gasteiger partial charge in [-0.05, 0) is 49.1 Å². The van der Waals surface area contributed by atoms with E-state index in [2.05, 4.69) is 10.3 Å². The molecule has 221 valence electrons. The Kier molecular flexibility index (Phi) is 7.92. The van der Waals surface area contributed by atoms with Crippen molar-refractivity contribution in [3.05, 3.63) is 39.9 Å². The number of carbonyl (C=O) groups excluding carboxylic acids is 2. The first-order chi connectivity index (χ1) is 19.6. The Bertz CT molecular complexity index is 1530. The molecule has 3 radical (unpaired) electrons. The van der Waals surface area contributed by atoms with Crippen LogP contribution in [0.5, 0.6) is 5.75 Å². The number of hydrogen-bond donors (Lipinski definition) is 2. The van der Waals surface area contributed by atoms with Gasteiger partial charge in [0.15, 0.2) is 16.5 Å². The van der Waals surface area contributed by atoms with Crippen molar-refractivity contribution in [1.82, 2.24) is 4.98 Å². The van der Waals surface area contributed by atoms with E-state index in [0.29, 0.717) is 45.0 Å². The number of aromatic nitrogens is 1. The zero-order chi connectivity index (χ0) is 28.9. The molecule has 0 unspecified atom stereocenters. The molecule has 3 aliphatic heterocycles. The van der Waals surface area contributed by atoms with Crippen LogP contribution in [0, 0.1) is 21.4 Å². The predicted molar refractivity (Wildman–Crippen MR) is 152 cm³/mol. The van der Waals surface area contributed by atoms with E-state index in [1.807, 2.05) is 4.90 Å². The molecule has 6 rings (SSSR count). The van der Waals surface area contributed by atoms with Gasteiger partial charge >= 0.3 is 0 Å². The van der Waals surface area contributed by atoms with Crippen LogP contribution in [0.15, 0.2) is 34.2 Å². The van der Waals surface area contributed by atoms with E-state index >= 15 is 0 Å². The van der Waals surface area contributed by atoms with Crippen LogP contribution in [0.25, 0.3) is 0 Å². The molecule has 3 fully saturated rings. The lowest BCUT2D eigenvalue weighted by molar-refractivity contribution is -0.384. The normalized spacial score (nSPS) is 21.8. The number of carbonyl (C=O) groups is 2. The molecule has 1 aromatic heterocycles. The SMILES string of the molecule is NC(=O)c1ccc(N2CCC3(CC2)CC(=O)C3)nc1S(=O)(=O)c1cc2c(c([N+](=O)[O-])c1)N[C@H](C1CCOCC1)CO2.[B]. The van der Waals surface area contributed by atoms with Gasteiger partial charge in [-0.1, -0.05) is 0 Å². The number of piperidine rings is 1. The van der Waals surface area contributed by atoms with Crippen LogP contribution in [-0.4, -0.2) is 77.4 Å². The highest BCUT2D eigenvalue weighted by Crippen LogP contribution is 2.47. The van der Waals surface area contributed by atoms with Gasteiger partial charge in [0, 0.05) is 59.7 Å². The number of Topliss-reactive ketones (excluding diaryl/α,β-unsaturated/α-hetero) is 1. The van der Waals surface area contributed by atoms with Crippen molar-refractivity contribution in [2.45, 2.75) is 54.5 Å². The van der Waals surface area contributed by atoms with E-state index < -0.39 is 36.3 Å². The number of hydrogen-bond acceptors (Lipinski definition) is 11. The second-order valence-corrected chi connectivity index (χ2v) is 13.2. The van der Waals surface area contributed by atoms with Gasteiger partial charge < -0.3 is 25.4 Å². The zero-order valence-electron chi connectivity index (χ0n) is 22.9. The fraction of sp³-hybridized carbons (Fsp3) is 0.519. The molecule has 0 bridgehead atoms. The summed E-state index contributed by atoms with van der Waals surface area (Å²) in [6.45, 7) is 2.56. The highest BCUT2D eigenvalue weighted by atomic mass is 32.2. The van der Waals surface area contributed by atoms with Gasteiger partial charge in [-0.15, -0.1) is 0 Å². The summed E-state index contributed by atoms with van der Waals surface area (Å²) in [5.74, 6) is -0.154. The summed E-state index contributed by atoms with van der Waals surface area (Å²) in [5, 5.41) is 14.7. The largest absolute Gasteiger partial charge is 0.489 e. The molecule has 1 spiro atoms. The third-order valence-corrected chi connectivity index (χ3v) is 10.5. The number of nitrogens with one attached hydrogen (secondary N) is 1. The number of rotatable bonds is 6. The number of ketones is 1. The van der Waals surface area contributed by atoms with Gasteiger partial charge in [0.25, 0.3) is 11.6 Å². The first kappa shape index (κ1) is 29.8. The van der Waals surface area contributed by atoms with Gasteiger partial charge in [0.05, 0.1) is 21.4 Å². The van der Waals surface area contributed by atoms with Crippen LogP contribution in [0.3, 0.4) is 0 Å². The van der Waals surface area contributed by atoms with Gasteiger partial charge in [-0.2, -0.15) is 0 Å². The first-order valence-electron chi connectivity index (χ1n) is 13.7. The molecule has 13 nitrogen and oxygen atoms in total. The molecule has 42 heavy (non-hydrogen) atoms. The smallest absolute Gasteiger partial charge is 0.297 e. The van der Waals surface area contributed by atoms with Crippen molar-refractivity contribution in [2.24, 2.45) is 17.1 Å². The van der Waals surface area contributed by atoms with E-state index in [0.717, 1.165) is 31.7 Å². The number of benzene rings is 1. The summed E-state index contributed by atoms with van der Waals surface area (Å²) in [6, 6.07) is 4.87. The maximum absolute atomic E-state index is 13.9. The molecule has 1 aliphatic carbocycles. The van der Waals surface area contributed by atoms with Crippen LogP contribution >= 0.6 is 0 Å². The highest BCUT2D eigenvalue weighted by Gasteiger charge is 2.45. The Morgan fingerprint density at radius 2 is 1.86 bits per heavy atom. The molecule has 1 saturated carbocycles. The monoisotopic (exact) mass is 596 g/mol. The molecule has 1 aromatic carbocycles. The molecular formula is C27H31BN5O8S. The number of primary amides is 1. The number of amides is 1. The number of ether oxygens (including phenoxy) is 2. The van der Waals surface area contributed by atoms with E-state index in [9.17, 15) is 28.1 Å². The highest BCUT2D eigenvalue weighted by molar-refractivity contribution is 7.91.